The van der Waals surface area contributed by atoms with Crippen LogP contribution in [0.5, 0.6) is 0 Å². The van der Waals surface area contributed by atoms with Gasteiger partial charge in [-0.3, -0.25) is 0 Å². The van der Waals surface area contributed by atoms with Gasteiger partial charge in [-0.2, -0.15) is 4.68 Å². The maximum absolute atomic E-state index is 11.3. The molecule has 0 fully saturated rings. The predicted molar refractivity (Wildman–Crippen MR) is 59.4 cm³/mol. The zero-order valence-corrected chi connectivity index (χ0v) is 9.52. The van der Waals surface area contributed by atoms with E-state index in [1.54, 1.807) is 0 Å². The second-order valence-corrected chi connectivity index (χ2v) is 3.90. The molecule has 5 nitrogen and oxygen atoms in total. The smallest absolute Gasteiger partial charge is 0.244 e. The van der Waals surface area contributed by atoms with Gasteiger partial charge in [0.05, 0.1) is 5.69 Å². The lowest BCUT2D eigenvalue weighted by atomic mass is 10.2. The van der Waals surface area contributed by atoms with Crippen LogP contribution in [0.25, 0.3) is 5.69 Å². The number of rotatable bonds is 1. The fraction of sp³-hybridized carbons (Fsp3) is 0.125. The highest BCUT2D eigenvalue weighted by atomic mass is 127. The minimum atomic E-state index is -0.325. The van der Waals surface area contributed by atoms with E-state index < -0.39 is 0 Å². The molecule has 6 heteroatoms. The first-order valence-electron chi connectivity index (χ1n) is 3.96. The highest BCUT2D eigenvalue weighted by molar-refractivity contribution is 14.1. The van der Waals surface area contributed by atoms with Crippen molar-refractivity contribution in [1.82, 2.24) is 20.2 Å². The quantitative estimate of drug-likeness (QED) is 0.795. The molecular formula is C8H7IN4O. The van der Waals surface area contributed by atoms with E-state index in [1.165, 1.54) is 4.68 Å². The summed E-state index contributed by atoms with van der Waals surface area (Å²) in [6.45, 7) is 1.98. The Labute approximate surface area is 93.3 Å². The highest BCUT2D eigenvalue weighted by Crippen LogP contribution is 2.18. The predicted octanol–water partition coefficient (Wildman–Crippen LogP) is 0.869. The van der Waals surface area contributed by atoms with Gasteiger partial charge in [-0.15, -0.1) is 0 Å². The van der Waals surface area contributed by atoms with Crippen LogP contribution in [-0.4, -0.2) is 20.2 Å². The van der Waals surface area contributed by atoms with Crippen LogP contribution in [0.3, 0.4) is 0 Å². The summed E-state index contributed by atoms with van der Waals surface area (Å²) < 4.78 is 2.25. The topological polar surface area (TPSA) is 63.6 Å². The zero-order chi connectivity index (χ0) is 10.1. The summed E-state index contributed by atoms with van der Waals surface area (Å²) in [5, 5.41) is 9.38. The van der Waals surface area contributed by atoms with Gasteiger partial charge < -0.3 is 0 Å². The summed E-state index contributed by atoms with van der Waals surface area (Å²) >= 11 is 2.18. The van der Waals surface area contributed by atoms with Gasteiger partial charge in [0.25, 0.3) is 0 Å². The number of aryl methyl sites for hydroxylation is 1. The number of benzene rings is 1. The fourth-order valence-electron chi connectivity index (χ4n) is 1.15. The molecule has 72 valence electrons. The number of halogens is 1. The molecular weight excluding hydrogens is 295 g/mol. The molecule has 2 aromatic rings. The van der Waals surface area contributed by atoms with E-state index >= 15 is 0 Å². The van der Waals surface area contributed by atoms with Crippen LogP contribution in [0.15, 0.2) is 23.0 Å². The minimum absolute atomic E-state index is 0.325. The Kier molecular flexibility index (Phi) is 2.36. The van der Waals surface area contributed by atoms with Gasteiger partial charge in [0.15, 0.2) is 0 Å². The molecule has 1 aromatic carbocycles. The monoisotopic (exact) mass is 302 g/mol. The summed E-state index contributed by atoms with van der Waals surface area (Å²) in [5.41, 5.74) is 1.54. The third-order valence-electron chi connectivity index (χ3n) is 1.87. The third-order valence-corrected chi connectivity index (χ3v) is 3.28. The van der Waals surface area contributed by atoms with E-state index in [9.17, 15) is 4.79 Å². The number of nitrogens with one attached hydrogen (secondary N) is 1. The molecule has 1 aromatic heterocycles. The molecule has 0 saturated carbocycles. The van der Waals surface area contributed by atoms with Gasteiger partial charge in [0.1, 0.15) is 0 Å². The van der Waals surface area contributed by atoms with Crippen molar-refractivity contribution in [3.63, 3.8) is 0 Å². The SMILES string of the molecule is Cc1cccc(-n2nn[nH]c2=O)c1I. The van der Waals surface area contributed by atoms with Gasteiger partial charge in [0.2, 0.25) is 0 Å². The fourth-order valence-corrected chi connectivity index (χ4v) is 1.74. The molecule has 0 aliphatic carbocycles. The van der Waals surface area contributed by atoms with Crippen molar-refractivity contribution in [2.45, 2.75) is 6.92 Å². The zero-order valence-electron chi connectivity index (χ0n) is 7.36. The molecule has 0 saturated heterocycles. The van der Waals surface area contributed by atoms with E-state index in [4.69, 9.17) is 0 Å². The van der Waals surface area contributed by atoms with Crippen molar-refractivity contribution in [3.05, 3.63) is 37.8 Å². The van der Waals surface area contributed by atoms with Crippen LogP contribution >= 0.6 is 22.6 Å². The van der Waals surface area contributed by atoms with Crippen LogP contribution in [0.2, 0.25) is 0 Å². The van der Waals surface area contributed by atoms with E-state index in [0.717, 1.165) is 14.8 Å². The first-order valence-corrected chi connectivity index (χ1v) is 5.04. The van der Waals surface area contributed by atoms with Crippen LogP contribution in [0.1, 0.15) is 5.56 Å². The molecule has 2 rings (SSSR count). The molecule has 0 spiro atoms. The number of hydrogen-bond acceptors (Lipinski definition) is 3. The second-order valence-electron chi connectivity index (χ2n) is 2.83. The lowest BCUT2D eigenvalue weighted by Gasteiger charge is -2.03. The van der Waals surface area contributed by atoms with Gasteiger partial charge in [-0.1, -0.05) is 12.1 Å². The van der Waals surface area contributed by atoms with Crippen molar-refractivity contribution in [1.29, 1.82) is 0 Å². The molecule has 0 amide bonds. The van der Waals surface area contributed by atoms with Crippen LogP contribution in [0, 0.1) is 10.5 Å². The molecule has 1 heterocycles. The van der Waals surface area contributed by atoms with Crippen LogP contribution in [-0.2, 0) is 0 Å². The number of hydrogen-bond donors (Lipinski definition) is 1. The summed E-state index contributed by atoms with van der Waals surface area (Å²) in [6.07, 6.45) is 0. The van der Waals surface area contributed by atoms with Gasteiger partial charge >= 0.3 is 5.69 Å². The number of aromatic amines is 1. The van der Waals surface area contributed by atoms with Gasteiger partial charge in [0, 0.05) is 3.57 Å². The third kappa shape index (κ3) is 1.45. The van der Waals surface area contributed by atoms with Crippen LogP contribution < -0.4 is 5.69 Å². The average molecular weight is 302 g/mol. The Morgan fingerprint density at radius 1 is 1.50 bits per heavy atom. The molecule has 0 bridgehead atoms. The highest BCUT2D eigenvalue weighted by Gasteiger charge is 2.07. The lowest BCUT2D eigenvalue weighted by molar-refractivity contribution is 0.776. The van der Waals surface area contributed by atoms with E-state index in [-0.39, 0.29) is 5.69 Å². The van der Waals surface area contributed by atoms with Crippen molar-refractivity contribution in [3.8, 4) is 5.69 Å². The standard InChI is InChI=1S/C8H7IN4O/c1-5-3-2-4-6(7(5)9)13-8(14)10-11-12-13/h2-4H,1H3,(H,10,12,14). The second kappa shape index (κ2) is 3.52. The summed E-state index contributed by atoms with van der Waals surface area (Å²) in [5.74, 6) is 0. The van der Waals surface area contributed by atoms with Gasteiger partial charge in [-0.25, -0.2) is 9.89 Å². The summed E-state index contributed by atoms with van der Waals surface area (Å²) in [7, 11) is 0. The Bertz CT molecular complexity index is 516. The average Bonchev–Trinajstić information content (AvgIpc) is 2.57. The Balaban J connectivity index is 2.69. The Morgan fingerprint density at radius 3 is 2.93 bits per heavy atom. The minimum Gasteiger partial charge on any atom is -0.244 e. The Morgan fingerprint density at radius 2 is 2.29 bits per heavy atom. The molecule has 0 aliphatic rings. The molecule has 14 heavy (non-hydrogen) atoms. The first-order chi connectivity index (χ1) is 6.70. The maximum Gasteiger partial charge on any atom is 0.365 e. The molecule has 0 aliphatic heterocycles. The Hall–Kier alpha value is -1.18. The number of nitrogens with zero attached hydrogens (tertiary/aromatic N) is 3. The summed E-state index contributed by atoms with van der Waals surface area (Å²) in [6, 6.07) is 5.70. The van der Waals surface area contributed by atoms with Crippen LogP contribution in [0.4, 0.5) is 0 Å². The molecule has 1 N–H and O–H groups in total. The van der Waals surface area contributed by atoms with Gasteiger partial charge in [-0.05, 0) is 51.6 Å². The van der Waals surface area contributed by atoms with Crippen molar-refractivity contribution < 1.29 is 0 Å². The van der Waals surface area contributed by atoms with Crippen molar-refractivity contribution >= 4 is 22.6 Å². The number of tetrazole rings is 1. The largest absolute Gasteiger partial charge is 0.365 e. The molecule has 0 unspecified atom stereocenters. The maximum atomic E-state index is 11.3. The first kappa shape index (κ1) is 9.38. The molecule has 0 atom stereocenters. The number of H-pyrrole nitrogens is 1. The summed E-state index contributed by atoms with van der Waals surface area (Å²) in [4.78, 5) is 11.3. The molecule has 0 radical (unpaired) electrons. The van der Waals surface area contributed by atoms with E-state index in [1.807, 2.05) is 25.1 Å². The number of aromatic nitrogens is 4. The van der Waals surface area contributed by atoms with Crippen molar-refractivity contribution in [2.75, 3.05) is 0 Å². The van der Waals surface area contributed by atoms with E-state index in [2.05, 4.69) is 38.1 Å². The van der Waals surface area contributed by atoms with E-state index in [0.29, 0.717) is 0 Å². The van der Waals surface area contributed by atoms with Crippen molar-refractivity contribution in [2.24, 2.45) is 0 Å². The normalized spacial score (nSPS) is 10.4. The lowest BCUT2D eigenvalue weighted by Crippen LogP contribution is -2.17.